The van der Waals surface area contributed by atoms with Gasteiger partial charge in [-0.15, -0.1) is 0 Å². The van der Waals surface area contributed by atoms with Crippen molar-refractivity contribution in [2.45, 2.75) is 25.9 Å². The molecule has 30 heavy (non-hydrogen) atoms. The van der Waals surface area contributed by atoms with E-state index in [0.717, 1.165) is 0 Å². The Morgan fingerprint density at radius 2 is 1.73 bits per heavy atom. The molecule has 0 radical (unpaired) electrons. The highest BCUT2D eigenvalue weighted by molar-refractivity contribution is 6.30. The summed E-state index contributed by atoms with van der Waals surface area (Å²) in [5.74, 6) is -1.53. The Morgan fingerprint density at radius 1 is 1.03 bits per heavy atom. The summed E-state index contributed by atoms with van der Waals surface area (Å²) in [6.45, 7) is 3.74. The van der Waals surface area contributed by atoms with Crippen LogP contribution in [0.5, 0.6) is 11.5 Å². The molecule has 0 fully saturated rings. The van der Waals surface area contributed by atoms with Crippen LogP contribution in [0.1, 0.15) is 43.9 Å². The number of rotatable bonds is 7. The van der Waals surface area contributed by atoms with Gasteiger partial charge in [0, 0.05) is 10.6 Å². The summed E-state index contributed by atoms with van der Waals surface area (Å²) < 4.78 is 50.4. The van der Waals surface area contributed by atoms with Gasteiger partial charge in [-0.05, 0) is 47.8 Å². The van der Waals surface area contributed by atoms with Crippen LogP contribution in [-0.2, 0) is 9.53 Å². The summed E-state index contributed by atoms with van der Waals surface area (Å²) in [7, 11) is 0. The number of carbonyl (C=O) groups excluding carboxylic acids is 1. The van der Waals surface area contributed by atoms with Crippen molar-refractivity contribution in [2.75, 3.05) is 0 Å². The molecule has 0 bridgehead atoms. The number of benzene rings is 3. The monoisotopic (exact) mass is 424 g/mol. The van der Waals surface area contributed by atoms with Crippen LogP contribution in [0.3, 0.4) is 0 Å². The number of hydrogen-bond acceptors (Lipinski definition) is 4. The first-order valence-corrected chi connectivity index (χ1v) is 9.63. The first-order valence-electron chi connectivity index (χ1n) is 11.8. The zero-order valence-electron chi connectivity index (χ0n) is 21.4. The molecule has 4 nitrogen and oxygen atoms in total. The topological polar surface area (TPSA) is 59.3 Å². The summed E-state index contributed by atoms with van der Waals surface area (Å²) >= 11 is 5.95. The molecule has 5 heteroatoms. The highest BCUT2D eigenvalue weighted by Crippen LogP contribution is 2.31. The third-order valence-corrected chi connectivity index (χ3v) is 4.61. The lowest BCUT2D eigenvalue weighted by Crippen LogP contribution is -2.22. The van der Waals surface area contributed by atoms with E-state index in [4.69, 9.17) is 27.9 Å². The van der Waals surface area contributed by atoms with E-state index in [0.29, 0.717) is 16.1 Å². The molecule has 152 valence electrons. The van der Waals surface area contributed by atoms with Crippen LogP contribution in [0.2, 0.25) is 5.02 Å². The summed E-state index contributed by atoms with van der Waals surface area (Å²) in [5, 5.41) is 10.2. The number of esters is 1. The third kappa shape index (κ3) is 5.40. The second-order valence-corrected chi connectivity index (χ2v) is 7.28. The molecular weight excluding hydrogens is 398 g/mol. The molecular formula is C25H22ClNO3. The van der Waals surface area contributed by atoms with E-state index in [1.165, 1.54) is 12.1 Å². The number of nitriles is 1. The van der Waals surface area contributed by atoms with Gasteiger partial charge in [0.2, 0.25) is 6.10 Å². The summed E-state index contributed by atoms with van der Waals surface area (Å²) in [4.78, 5) is 13.0. The second kappa shape index (κ2) is 9.96. The molecule has 0 spiro atoms. The zero-order chi connectivity index (χ0) is 25.9. The maximum absolute atomic E-state index is 13.0. The van der Waals surface area contributed by atoms with Crippen LogP contribution in [0.25, 0.3) is 0 Å². The second-order valence-electron chi connectivity index (χ2n) is 6.85. The first kappa shape index (κ1) is 15.5. The predicted octanol–water partition coefficient (Wildman–Crippen LogP) is 6.68. The minimum Gasteiger partial charge on any atom is -0.457 e. The summed E-state index contributed by atoms with van der Waals surface area (Å²) in [6, 6.07) is 12.3. The Bertz CT molecular complexity index is 1260. The van der Waals surface area contributed by atoms with E-state index in [-0.39, 0.29) is 17.4 Å². The molecule has 0 unspecified atom stereocenters. The van der Waals surface area contributed by atoms with Gasteiger partial charge in [-0.1, -0.05) is 67.8 Å². The highest BCUT2D eigenvalue weighted by atomic mass is 35.5. The van der Waals surface area contributed by atoms with Crippen molar-refractivity contribution in [1.82, 2.24) is 0 Å². The van der Waals surface area contributed by atoms with Crippen molar-refractivity contribution in [3.63, 3.8) is 0 Å². The van der Waals surface area contributed by atoms with Gasteiger partial charge >= 0.3 is 5.97 Å². The lowest BCUT2D eigenvalue weighted by Gasteiger charge is -2.22. The Labute approximate surface area is 188 Å². The molecule has 3 aromatic carbocycles. The molecule has 0 aliphatic heterocycles. The SMILES string of the molecule is [2H]c1c([2H])c([2H])c(Oc2cccc([C@@H](C#N)OC(=O)[C@H](c3ccc(Cl)cc3)C(C)C)c2)c([2H])c1[2H]. The number of ether oxygens (including phenoxy) is 2. The fourth-order valence-corrected chi connectivity index (χ4v) is 3.10. The molecule has 3 rings (SSSR count). The van der Waals surface area contributed by atoms with E-state index in [2.05, 4.69) is 0 Å². The number of nitrogens with zero attached hydrogens (tertiary/aromatic N) is 1. The maximum atomic E-state index is 13.0. The van der Waals surface area contributed by atoms with Gasteiger partial charge in [-0.2, -0.15) is 5.26 Å². The minimum atomic E-state index is -1.25. The van der Waals surface area contributed by atoms with Crippen molar-refractivity contribution in [3.05, 3.63) is 94.9 Å². The fraction of sp³-hybridized carbons (Fsp3) is 0.200. The highest BCUT2D eigenvalue weighted by Gasteiger charge is 2.29. The van der Waals surface area contributed by atoms with E-state index in [9.17, 15) is 10.1 Å². The van der Waals surface area contributed by atoms with Crippen LogP contribution in [0.4, 0.5) is 0 Å². The van der Waals surface area contributed by atoms with Crippen LogP contribution < -0.4 is 4.74 Å². The summed E-state index contributed by atoms with van der Waals surface area (Å²) in [6.07, 6.45) is -1.25. The maximum Gasteiger partial charge on any atom is 0.315 e. The summed E-state index contributed by atoms with van der Waals surface area (Å²) in [5.41, 5.74) is 1.02. The smallest absolute Gasteiger partial charge is 0.315 e. The van der Waals surface area contributed by atoms with E-state index in [1.807, 2.05) is 19.9 Å². The number of hydrogen-bond donors (Lipinski definition) is 0. The number of halogens is 1. The molecule has 2 atom stereocenters. The zero-order valence-corrected chi connectivity index (χ0v) is 17.2. The van der Waals surface area contributed by atoms with Gasteiger partial charge < -0.3 is 9.47 Å². The molecule has 0 aliphatic rings. The van der Waals surface area contributed by atoms with E-state index < -0.39 is 48.2 Å². The Kier molecular flexibility index (Phi) is 5.16. The van der Waals surface area contributed by atoms with Gasteiger partial charge in [0.1, 0.15) is 17.6 Å². The molecule has 0 aromatic heterocycles. The quantitative estimate of drug-likeness (QED) is 0.397. The van der Waals surface area contributed by atoms with Gasteiger partial charge in [-0.25, -0.2) is 0 Å². The van der Waals surface area contributed by atoms with Crippen molar-refractivity contribution >= 4 is 17.6 Å². The molecule has 0 heterocycles. The molecule has 0 saturated carbocycles. The van der Waals surface area contributed by atoms with Crippen LogP contribution in [0.15, 0.2) is 78.7 Å². The lowest BCUT2D eigenvalue weighted by molar-refractivity contribution is -0.150. The van der Waals surface area contributed by atoms with Crippen LogP contribution >= 0.6 is 11.6 Å². The van der Waals surface area contributed by atoms with Crippen molar-refractivity contribution < 1.29 is 21.1 Å². The average Bonchev–Trinajstić information content (AvgIpc) is 2.84. The average molecular weight is 425 g/mol. The van der Waals surface area contributed by atoms with Crippen LogP contribution in [-0.4, -0.2) is 5.97 Å². The molecule has 0 amide bonds. The van der Waals surface area contributed by atoms with Crippen LogP contribution in [0, 0.1) is 17.2 Å². The Hall–Kier alpha value is -3.29. The van der Waals surface area contributed by atoms with Gasteiger partial charge in [0.15, 0.2) is 0 Å². The normalized spacial score (nSPS) is 15.0. The first-order chi connectivity index (χ1) is 16.5. The van der Waals surface area contributed by atoms with Gasteiger partial charge in [-0.3, -0.25) is 4.79 Å². The van der Waals surface area contributed by atoms with Gasteiger partial charge in [0.05, 0.1) is 12.8 Å². The predicted molar refractivity (Wildman–Crippen MR) is 116 cm³/mol. The number of para-hydroxylation sites is 1. The Balaban J connectivity index is 1.87. The number of carbonyl (C=O) groups is 1. The molecule has 0 aliphatic carbocycles. The Morgan fingerprint density at radius 3 is 2.37 bits per heavy atom. The van der Waals surface area contributed by atoms with Gasteiger partial charge in [0.25, 0.3) is 0 Å². The van der Waals surface area contributed by atoms with Crippen molar-refractivity contribution in [1.29, 1.82) is 5.26 Å². The standard InChI is InChI=1S/C25H22ClNO3/c1-17(2)24(18-11-13-20(26)14-12-18)25(28)30-23(16-27)19-7-6-10-22(15-19)29-21-8-4-3-5-9-21/h3-15,17,23-24H,1-2H3/t23-,24+/m1/s1/i3D,4D,5D,8D,9D. The molecule has 3 aromatic rings. The van der Waals surface area contributed by atoms with Crippen molar-refractivity contribution in [2.24, 2.45) is 5.92 Å². The fourth-order valence-electron chi connectivity index (χ4n) is 2.97. The third-order valence-electron chi connectivity index (χ3n) is 4.36. The lowest BCUT2D eigenvalue weighted by atomic mass is 9.88. The minimum absolute atomic E-state index is 0.109. The molecule has 0 N–H and O–H groups in total. The molecule has 0 saturated heterocycles. The van der Waals surface area contributed by atoms with E-state index >= 15 is 0 Å². The van der Waals surface area contributed by atoms with Crippen molar-refractivity contribution in [3.8, 4) is 17.6 Å². The largest absolute Gasteiger partial charge is 0.457 e. The van der Waals surface area contributed by atoms with E-state index in [1.54, 1.807) is 36.4 Å².